The Hall–Kier alpha value is -5.34. The highest BCUT2D eigenvalue weighted by Gasteiger charge is 2.24. The second kappa shape index (κ2) is 17.7. The Kier molecular flexibility index (Phi) is 12.6. The van der Waals surface area contributed by atoms with Gasteiger partial charge in [0.15, 0.2) is 22.7 Å². The number of carbonyl (C=O) groups is 2. The third kappa shape index (κ3) is 9.41. The van der Waals surface area contributed by atoms with Gasteiger partial charge in [-0.3, -0.25) is 9.59 Å². The average molecular weight is 745 g/mol. The number of amides is 2. The molecule has 4 aromatic rings. The van der Waals surface area contributed by atoms with Crippen LogP contribution in [0.2, 0.25) is 0 Å². The molecular formula is C40H48N4O10. The van der Waals surface area contributed by atoms with Gasteiger partial charge in [-0.05, 0) is 89.0 Å². The van der Waals surface area contributed by atoms with E-state index in [1.165, 1.54) is 14.2 Å². The van der Waals surface area contributed by atoms with Crippen LogP contribution in [-0.4, -0.2) is 88.3 Å². The number of piperidine rings is 2. The second-order valence-corrected chi connectivity index (χ2v) is 13.8. The maximum atomic E-state index is 12.8. The highest BCUT2D eigenvalue weighted by molar-refractivity contribution is 5.95. The number of fused-ring (bicyclic) bond motifs is 2. The zero-order valence-electron chi connectivity index (χ0n) is 31.2. The SMILES string of the molecule is COc1c(OC2CCN(C)CC2)ccc2cc(NC(=O)CC/C=C/CCC(=O)Nc3cc4ccc(OC5CCN(C)CC5)c(OC)c4oc3=O)c(=O)oc12. The Bertz CT molecular complexity index is 1960. The number of likely N-dealkylation sites (tertiary alicyclic amines) is 2. The van der Waals surface area contributed by atoms with Crippen molar-refractivity contribution in [2.45, 2.75) is 63.6 Å². The third-order valence-corrected chi connectivity index (χ3v) is 9.76. The van der Waals surface area contributed by atoms with Crippen LogP contribution in [0.4, 0.5) is 11.4 Å². The molecule has 2 aliphatic heterocycles. The van der Waals surface area contributed by atoms with E-state index in [2.05, 4.69) is 34.5 Å². The summed E-state index contributed by atoms with van der Waals surface area (Å²) in [6.45, 7) is 3.75. The van der Waals surface area contributed by atoms with Gasteiger partial charge in [0.25, 0.3) is 0 Å². The number of methoxy groups -OCH3 is 2. The monoisotopic (exact) mass is 744 g/mol. The zero-order chi connectivity index (χ0) is 38.2. The molecule has 2 saturated heterocycles. The molecule has 2 aliphatic rings. The van der Waals surface area contributed by atoms with Crippen molar-refractivity contribution in [2.75, 3.05) is 65.1 Å². The van der Waals surface area contributed by atoms with Crippen molar-refractivity contribution in [1.82, 2.24) is 9.80 Å². The fourth-order valence-corrected chi connectivity index (χ4v) is 6.68. The fourth-order valence-electron chi connectivity index (χ4n) is 6.68. The number of hydrogen-bond acceptors (Lipinski definition) is 12. The van der Waals surface area contributed by atoms with Gasteiger partial charge >= 0.3 is 11.3 Å². The lowest BCUT2D eigenvalue weighted by atomic mass is 10.1. The first kappa shape index (κ1) is 38.4. The van der Waals surface area contributed by atoms with Gasteiger partial charge in [0, 0.05) is 49.8 Å². The van der Waals surface area contributed by atoms with E-state index in [1.807, 2.05) is 0 Å². The molecule has 0 aliphatic carbocycles. The second-order valence-electron chi connectivity index (χ2n) is 13.8. The summed E-state index contributed by atoms with van der Waals surface area (Å²) in [5.41, 5.74) is -0.847. The summed E-state index contributed by atoms with van der Waals surface area (Å²) in [7, 11) is 7.15. The molecule has 0 radical (unpaired) electrons. The zero-order valence-corrected chi connectivity index (χ0v) is 31.2. The molecule has 2 aromatic carbocycles. The average Bonchev–Trinajstić information content (AvgIpc) is 3.15. The number of anilines is 2. The molecule has 2 aromatic heterocycles. The standard InChI is InChI=1S/C40H48N4O10/c1-43-19-15-27(16-20-43)51-31-13-11-25-23-29(39(47)53-35(25)37(31)49-3)41-33(45)9-7-5-6-8-10-34(46)42-30-24-26-12-14-32(38(50-4)36(26)54-40(30)48)52-28-17-21-44(2)22-18-28/h5-6,11-14,23-24,27-28H,7-10,15-22H2,1-4H3,(H,41,45)(H,42,46)/b6-5+. The molecule has 6 rings (SSSR count). The Morgan fingerprint density at radius 3 is 1.44 bits per heavy atom. The predicted molar refractivity (Wildman–Crippen MR) is 205 cm³/mol. The summed E-state index contributed by atoms with van der Waals surface area (Å²) in [5.74, 6) is 0.962. The van der Waals surface area contributed by atoms with Gasteiger partial charge in [-0.15, -0.1) is 0 Å². The van der Waals surface area contributed by atoms with E-state index in [4.69, 9.17) is 27.8 Å². The van der Waals surface area contributed by atoms with Gasteiger partial charge in [-0.1, -0.05) is 12.2 Å². The van der Waals surface area contributed by atoms with Gasteiger partial charge in [-0.25, -0.2) is 9.59 Å². The lowest BCUT2D eigenvalue weighted by Gasteiger charge is -2.29. The molecule has 14 nitrogen and oxygen atoms in total. The molecular weight excluding hydrogens is 696 g/mol. The Morgan fingerprint density at radius 2 is 1.07 bits per heavy atom. The number of allylic oxidation sites excluding steroid dienone is 2. The Labute approximate surface area is 313 Å². The first-order valence-electron chi connectivity index (χ1n) is 18.4. The quantitative estimate of drug-likeness (QED) is 0.122. The lowest BCUT2D eigenvalue weighted by Crippen LogP contribution is -2.35. The summed E-state index contributed by atoms with van der Waals surface area (Å²) >= 11 is 0. The summed E-state index contributed by atoms with van der Waals surface area (Å²) in [4.78, 5) is 55.4. The molecule has 0 atom stereocenters. The molecule has 0 unspecified atom stereocenters. The third-order valence-electron chi connectivity index (χ3n) is 9.76. The Balaban J connectivity index is 0.971. The molecule has 4 heterocycles. The van der Waals surface area contributed by atoms with E-state index >= 15 is 0 Å². The number of hydrogen-bond donors (Lipinski definition) is 2. The van der Waals surface area contributed by atoms with Crippen LogP contribution >= 0.6 is 0 Å². The number of nitrogens with zero attached hydrogens (tertiary/aromatic N) is 2. The largest absolute Gasteiger partial charge is 0.490 e. The molecule has 0 saturated carbocycles. The minimum atomic E-state index is -0.700. The molecule has 14 heteroatoms. The summed E-state index contributed by atoms with van der Waals surface area (Å²) in [6, 6.07) is 10.2. The minimum absolute atomic E-state index is 0.0252. The molecule has 0 bridgehead atoms. The van der Waals surface area contributed by atoms with E-state index in [-0.39, 0.29) is 59.4 Å². The highest BCUT2D eigenvalue weighted by Crippen LogP contribution is 2.38. The van der Waals surface area contributed by atoms with Crippen LogP contribution < -0.4 is 40.8 Å². The molecule has 2 amide bonds. The van der Waals surface area contributed by atoms with Crippen LogP contribution in [0.5, 0.6) is 23.0 Å². The van der Waals surface area contributed by atoms with Crippen molar-refractivity contribution >= 4 is 45.1 Å². The first-order chi connectivity index (χ1) is 26.1. The number of nitrogens with one attached hydrogen (secondary N) is 2. The van der Waals surface area contributed by atoms with Gasteiger partial charge in [0.05, 0.1) is 14.2 Å². The lowest BCUT2D eigenvalue weighted by molar-refractivity contribution is -0.117. The van der Waals surface area contributed by atoms with Crippen molar-refractivity contribution in [3.63, 3.8) is 0 Å². The van der Waals surface area contributed by atoms with E-state index < -0.39 is 11.3 Å². The van der Waals surface area contributed by atoms with Gasteiger partial charge in [0.2, 0.25) is 23.3 Å². The van der Waals surface area contributed by atoms with E-state index in [1.54, 1.807) is 48.6 Å². The molecule has 2 N–H and O–H groups in total. The van der Waals surface area contributed by atoms with Crippen molar-refractivity contribution in [1.29, 1.82) is 0 Å². The highest BCUT2D eigenvalue weighted by atomic mass is 16.5. The normalized spacial score (nSPS) is 16.1. The Morgan fingerprint density at radius 1 is 0.685 bits per heavy atom. The molecule has 0 spiro atoms. The maximum Gasteiger partial charge on any atom is 0.360 e. The fraction of sp³-hybridized carbons (Fsp3) is 0.450. The predicted octanol–water partition coefficient (Wildman–Crippen LogP) is 5.56. The summed E-state index contributed by atoms with van der Waals surface area (Å²) in [5, 5.41) is 6.43. The van der Waals surface area contributed by atoms with E-state index in [0.29, 0.717) is 46.6 Å². The van der Waals surface area contributed by atoms with Crippen LogP contribution in [0.15, 0.2) is 67.0 Å². The smallest absolute Gasteiger partial charge is 0.360 e. The first-order valence-corrected chi connectivity index (χ1v) is 18.4. The van der Waals surface area contributed by atoms with Crippen molar-refractivity contribution in [2.24, 2.45) is 0 Å². The molecule has 54 heavy (non-hydrogen) atoms. The van der Waals surface area contributed by atoms with Crippen LogP contribution in [0.3, 0.4) is 0 Å². The van der Waals surface area contributed by atoms with Crippen LogP contribution in [-0.2, 0) is 9.59 Å². The number of benzene rings is 2. The van der Waals surface area contributed by atoms with Crippen LogP contribution in [0.1, 0.15) is 51.4 Å². The van der Waals surface area contributed by atoms with E-state index in [0.717, 1.165) is 51.9 Å². The van der Waals surface area contributed by atoms with Gasteiger partial charge < -0.3 is 48.2 Å². The summed E-state index contributed by atoms with van der Waals surface area (Å²) < 4.78 is 34.7. The molecule has 288 valence electrons. The van der Waals surface area contributed by atoms with Gasteiger partial charge in [-0.2, -0.15) is 0 Å². The van der Waals surface area contributed by atoms with Crippen molar-refractivity contribution in [3.8, 4) is 23.0 Å². The number of ether oxygens (including phenoxy) is 4. The topological polar surface area (TPSA) is 162 Å². The maximum absolute atomic E-state index is 12.8. The van der Waals surface area contributed by atoms with Gasteiger partial charge in [0.1, 0.15) is 23.6 Å². The van der Waals surface area contributed by atoms with Crippen LogP contribution in [0, 0.1) is 0 Å². The van der Waals surface area contributed by atoms with Crippen molar-refractivity contribution in [3.05, 3.63) is 69.4 Å². The number of rotatable bonds is 14. The molecule has 2 fully saturated rings. The van der Waals surface area contributed by atoms with Crippen LogP contribution in [0.25, 0.3) is 21.9 Å². The summed E-state index contributed by atoms with van der Waals surface area (Å²) in [6.07, 6.45) is 8.19. The number of carbonyl (C=O) groups excluding carboxylic acids is 2. The van der Waals surface area contributed by atoms with Crippen molar-refractivity contribution < 1.29 is 37.4 Å². The van der Waals surface area contributed by atoms with E-state index in [9.17, 15) is 19.2 Å². The minimum Gasteiger partial charge on any atom is -0.490 e.